The SMILES string of the molecule is Clc1ccccc1Oc1ccc2c(c1)[C@H]1OCC[C@H]1[C@@H](C1CCCCC1)N2. The van der Waals surface area contributed by atoms with Crippen molar-refractivity contribution < 1.29 is 9.47 Å². The third-order valence-electron chi connectivity index (χ3n) is 6.47. The van der Waals surface area contributed by atoms with Crippen molar-refractivity contribution in [3.8, 4) is 11.5 Å². The van der Waals surface area contributed by atoms with Crippen LogP contribution in [0, 0.1) is 11.8 Å². The van der Waals surface area contributed by atoms with Gasteiger partial charge in [0.25, 0.3) is 0 Å². The Morgan fingerprint density at radius 3 is 2.70 bits per heavy atom. The highest BCUT2D eigenvalue weighted by molar-refractivity contribution is 6.32. The predicted molar refractivity (Wildman–Crippen MR) is 109 cm³/mol. The zero-order valence-corrected chi connectivity index (χ0v) is 16.3. The molecule has 3 atom stereocenters. The normalized spacial score (nSPS) is 27.5. The first-order chi connectivity index (χ1) is 13.3. The molecular formula is C23H26ClNO2. The van der Waals surface area contributed by atoms with Crippen LogP contribution in [-0.4, -0.2) is 12.6 Å². The molecule has 27 heavy (non-hydrogen) atoms. The van der Waals surface area contributed by atoms with Gasteiger partial charge < -0.3 is 14.8 Å². The summed E-state index contributed by atoms with van der Waals surface area (Å²) in [7, 11) is 0. The maximum absolute atomic E-state index is 6.25. The molecule has 1 saturated carbocycles. The molecule has 0 spiro atoms. The van der Waals surface area contributed by atoms with E-state index >= 15 is 0 Å². The highest BCUT2D eigenvalue weighted by Crippen LogP contribution is 2.49. The first-order valence-corrected chi connectivity index (χ1v) is 10.6. The average molecular weight is 384 g/mol. The molecule has 0 aromatic heterocycles. The monoisotopic (exact) mass is 383 g/mol. The Labute approximate surface area is 166 Å². The lowest BCUT2D eigenvalue weighted by molar-refractivity contribution is 0.0730. The van der Waals surface area contributed by atoms with Gasteiger partial charge in [-0.2, -0.15) is 0 Å². The molecule has 2 aromatic carbocycles. The third-order valence-corrected chi connectivity index (χ3v) is 6.78. The van der Waals surface area contributed by atoms with Crippen LogP contribution in [0.15, 0.2) is 42.5 Å². The van der Waals surface area contributed by atoms with Crippen molar-refractivity contribution in [2.24, 2.45) is 11.8 Å². The van der Waals surface area contributed by atoms with Crippen molar-refractivity contribution in [3.63, 3.8) is 0 Å². The van der Waals surface area contributed by atoms with Gasteiger partial charge in [-0.1, -0.05) is 43.0 Å². The molecule has 0 unspecified atom stereocenters. The number of rotatable bonds is 3. The van der Waals surface area contributed by atoms with Crippen LogP contribution in [0.1, 0.15) is 50.2 Å². The standard InChI is InChI=1S/C23H26ClNO2/c24-19-8-4-5-9-21(19)27-16-10-11-20-18(14-16)23-17(12-13-26-23)22(25-20)15-6-2-1-3-7-15/h4-5,8-11,14-15,17,22-23,25H,1-3,6-7,12-13H2/t17-,22+,23-/m0/s1. The topological polar surface area (TPSA) is 30.5 Å². The highest BCUT2D eigenvalue weighted by Gasteiger charge is 2.44. The molecule has 2 aliphatic heterocycles. The summed E-state index contributed by atoms with van der Waals surface area (Å²) >= 11 is 6.25. The van der Waals surface area contributed by atoms with Gasteiger partial charge >= 0.3 is 0 Å². The van der Waals surface area contributed by atoms with E-state index in [4.69, 9.17) is 21.1 Å². The number of para-hydroxylation sites is 1. The zero-order valence-electron chi connectivity index (χ0n) is 15.5. The maximum Gasteiger partial charge on any atom is 0.146 e. The first-order valence-electron chi connectivity index (χ1n) is 10.2. The Hall–Kier alpha value is -1.71. The van der Waals surface area contributed by atoms with Gasteiger partial charge in [0.05, 0.1) is 11.1 Å². The van der Waals surface area contributed by atoms with Crippen LogP contribution in [0.4, 0.5) is 5.69 Å². The van der Waals surface area contributed by atoms with Crippen LogP contribution in [0.2, 0.25) is 5.02 Å². The summed E-state index contributed by atoms with van der Waals surface area (Å²) in [6.45, 7) is 0.856. The van der Waals surface area contributed by atoms with Crippen LogP contribution in [-0.2, 0) is 4.74 Å². The molecule has 3 nitrogen and oxygen atoms in total. The number of ether oxygens (including phenoxy) is 2. The van der Waals surface area contributed by atoms with E-state index in [0.29, 0.717) is 22.7 Å². The van der Waals surface area contributed by atoms with Crippen molar-refractivity contribution in [2.75, 3.05) is 11.9 Å². The summed E-state index contributed by atoms with van der Waals surface area (Å²) in [5.41, 5.74) is 2.44. The van der Waals surface area contributed by atoms with Gasteiger partial charge in [-0.25, -0.2) is 0 Å². The Morgan fingerprint density at radius 2 is 1.85 bits per heavy atom. The molecule has 142 valence electrons. The number of hydrogen-bond donors (Lipinski definition) is 1. The molecule has 0 radical (unpaired) electrons. The molecule has 2 heterocycles. The smallest absolute Gasteiger partial charge is 0.146 e. The van der Waals surface area contributed by atoms with Gasteiger partial charge in [0, 0.05) is 29.8 Å². The summed E-state index contributed by atoms with van der Waals surface area (Å²) in [6.07, 6.45) is 8.18. The molecule has 2 fully saturated rings. The van der Waals surface area contributed by atoms with E-state index in [9.17, 15) is 0 Å². The Bertz CT molecular complexity index is 818. The van der Waals surface area contributed by atoms with Crippen LogP contribution in [0.3, 0.4) is 0 Å². The van der Waals surface area contributed by atoms with Crippen molar-refractivity contribution in [1.82, 2.24) is 0 Å². The molecule has 1 N–H and O–H groups in total. The van der Waals surface area contributed by atoms with E-state index in [0.717, 1.165) is 24.7 Å². The molecule has 5 rings (SSSR count). The first kappa shape index (κ1) is 17.4. The van der Waals surface area contributed by atoms with Crippen LogP contribution < -0.4 is 10.1 Å². The quantitative estimate of drug-likeness (QED) is 0.648. The van der Waals surface area contributed by atoms with E-state index in [-0.39, 0.29) is 6.10 Å². The minimum atomic E-state index is 0.183. The second-order valence-electron chi connectivity index (χ2n) is 8.09. The highest BCUT2D eigenvalue weighted by atomic mass is 35.5. The molecule has 0 amide bonds. The molecule has 2 aromatic rings. The molecule has 3 aliphatic rings. The minimum absolute atomic E-state index is 0.183. The van der Waals surface area contributed by atoms with Crippen molar-refractivity contribution in [3.05, 3.63) is 53.1 Å². The number of halogens is 1. The summed E-state index contributed by atoms with van der Waals surface area (Å²) in [6, 6.07) is 14.4. The lowest BCUT2D eigenvalue weighted by Gasteiger charge is -2.42. The van der Waals surface area contributed by atoms with E-state index < -0.39 is 0 Å². The fraction of sp³-hybridized carbons (Fsp3) is 0.478. The molecule has 0 bridgehead atoms. The fourth-order valence-corrected chi connectivity index (χ4v) is 5.34. The molecule has 4 heteroatoms. The minimum Gasteiger partial charge on any atom is -0.456 e. The van der Waals surface area contributed by atoms with Crippen molar-refractivity contribution in [1.29, 1.82) is 0 Å². The van der Waals surface area contributed by atoms with E-state index in [1.165, 1.54) is 43.4 Å². The number of nitrogens with one attached hydrogen (secondary N) is 1. The summed E-state index contributed by atoms with van der Waals surface area (Å²) in [4.78, 5) is 0. The fourth-order valence-electron chi connectivity index (χ4n) is 5.17. The molecule has 1 saturated heterocycles. The van der Waals surface area contributed by atoms with Gasteiger partial charge in [-0.15, -0.1) is 0 Å². The van der Waals surface area contributed by atoms with Gasteiger partial charge in [0.2, 0.25) is 0 Å². The third kappa shape index (κ3) is 3.32. The molecule has 1 aliphatic carbocycles. The predicted octanol–water partition coefficient (Wildman–Crippen LogP) is 6.58. The lowest BCUT2D eigenvalue weighted by atomic mass is 9.73. The van der Waals surface area contributed by atoms with Crippen LogP contribution in [0.5, 0.6) is 11.5 Å². The summed E-state index contributed by atoms with van der Waals surface area (Å²) in [5, 5.41) is 4.50. The Kier molecular flexibility index (Phi) is 4.75. The maximum atomic E-state index is 6.25. The van der Waals surface area contributed by atoms with E-state index in [1.807, 2.05) is 30.3 Å². The Balaban J connectivity index is 1.43. The Morgan fingerprint density at radius 1 is 1.00 bits per heavy atom. The van der Waals surface area contributed by atoms with E-state index in [2.05, 4.69) is 17.4 Å². The number of anilines is 1. The average Bonchev–Trinajstić information content (AvgIpc) is 3.20. The molecular weight excluding hydrogens is 358 g/mol. The number of benzene rings is 2. The van der Waals surface area contributed by atoms with Gasteiger partial charge in [-0.3, -0.25) is 0 Å². The van der Waals surface area contributed by atoms with Gasteiger partial charge in [0.15, 0.2) is 0 Å². The van der Waals surface area contributed by atoms with Crippen LogP contribution in [0.25, 0.3) is 0 Å². The van der Waals surface area contributed by atoms with Gasteiger partial charge in [0.1, 0.15) is 11.5 Å². The number of hydrogen-bond acceptors (Lipinski definition) is 3. The van der Waals surface area contributed by atoms with Crippen molar-refractivity contribution in [2.45, 2.75) is 50.7 Å². The number of fused-ring (bicyclic) bond motifs is 3. The van der Waals surface area contributed by atoms with Gasteiger partial charge in [-0.05, 0) is 55.5 Å². The summed E-state index contributed by atoms with van der Waals surface area (Å²) in [5.74, 6) is 2.84. The van der Waals surface area contributed by atoms with E-state index in [1.54, 1.807) is 0 Å². The zero-order chi connectivity index (χ0) is 18.2. The second kappa shape index (κ2) is 7.37. The van der Waals surface area contributed by atoms with Crippen molar-refractivity contribution >= 4 is 17.3 Å². The largest absolute Gasteiger partial charge is 0.456 e. The van der Waals surface area contributed by atoms with Crippen LogP contribution >= 0.6 is 11.6 Å². The lowest BCUT2D eigenvalue weighted by Crippen LogP contribution is -2.42. The summed E-state index contributed by atoms with van der Waals surface area (Å²) < 4.78 is 12.3. The second-order valence-corrected chi connectivity index (χ2v) is 8.50.